The van der Waals surface area contributed by atoms with Crippen LogP contribution in [-0.4, -0.2) is 32.8 Å². The molecular formula is C19H23N7O. The monoisotopic (exact) mass is 365 g/mol. The molecule has 2 aliphatic rings. The van der Waals surface area contributed by atoms with Crippen LogP contribution in [0.1, 0.15) is 52.5 Å². The summed E-state index contributed by atoms with van der Waals surface area (Å²) in [6.45, 7) is 1.81. The number of aryl methyl sites for hydroxylation is 2. The number of fused-ring (bicyclic) bond motifs is 1. The molecule has 2 aromatic rings. The maximum Gasteiger partial charge on any atom is 0.270 e. The van der Waals surface area contributed by atoms with E-state index in [1.165, 1.54) is 6.20 Å². The summed E-state index contributed by atoms with van der Waals surface area (Å²) in [7, 11) is 1.92. The fourth-order valence-electron chi connectivity index (χ4n) is 4.25. The normalized spacial score (nSPS) is 27.0. The van der Waals surface area contributed by atoms with E-state index < -0.39 is 0 Å². The third kappa shape index (κ3) is 3.44. The number of nitriles is 1. The molecule has 1 aliphatic heterocycles. The van der Waals surface area contributed by atoms with Gasteiger partial charge >= 0.3 is 0 Å². The van der Waals surface area contributed by atoms with E-state index in [0.717, 1.165) is 30.4 Å². The first-order chi connectivity index (χ1) is 13.0. The summed E-state index contributed by atoms with van der Waals surface area (Å²) in [5.74, 6) is 0.223. The molecule has 1 amide bonds. The van der Waals surface area contributed by atoms with Crippen LogP contribution in [0.5, 0.6) is 0 Å². The van der Waals surface area contributed by atoms with Gasteiger partial charge in [-0.15, -0.1) is 0 Å². The third-order valence-electron chi connectivity index (χ3n) is 5.59. The Morgan fingerprint density at radius 3 is 2.93 bits per heavy atom. The molecule has 4 rings (SSSR count). The van der Waals surface area contributed by atoms with Gasteiger partial charge in [0.05, 0.1) is 17.8 Å². The van der Waals surface area contributed by atoms with Crippen LogP contribution in [0.4, 0.5) is 0 Å². The van der Waals surface area contributed by atoms with E-state index in [9.17, 15) is 4.79 Å². The molecule has 4 unspecified atom stereocenters. The van der Waals surface area contributed by atoms with E-state index in [-0.39, 0.29) is 18.0 Å². The highest BCUT2D eigenvalue weighted by atomic mass is 16.1. The molecule has 4 atom stereocenters. The zero-order valence-corrected chi connectivity index (χ0v) is 15.4. The van der Waals surface area contributed by atoms with Crippen LogP contribution in [0, 0.1) is 24.2 Å². The Morgan fingerprint density at radius 1 is 1.37 bits per heavy atom. The minimum atomic E-state index is -0.169. The molecule has 8 nitrogen and oxygen atoms in total. The molecule has 3 heterocycles. The van der Waals surface area contributed by atoms with Gasteiger partial charge in [0.15, 0.2) is 0 Å². The van der Waals surface area contributed by atoms with Crippen molar-refractivity contribution >= 4 is 5.91 Å². The second-order valence-electron chi connectivity index (χ2n) is 7.47. The van der Waals surface area contributed by atoms with Gasteiger partial charge in [0.25, 0.3) is 5.91 Å². The number of amides is 1. The van der Waals surface area contributed by atoms with E-state index in [1.54, 1.807) is 6.07 Å². The lowest BCUT2D eigenvalue weighted by Gasteiger charge is -2.33. The molecule has 8 heteroatoms. The van der Waals surface area contributed by atoms with E-state index in [2.05, 4.69) is 26.3 Å². The van der Waals surface area contributed by atoms with Crippen LogP contribution in [-0.2, 0) is 7.05 Å². The summed E-state index contributed by atoms with van der Waals surface area (Å²) in [6, 6.07) is 4.45. The van der Waals surface area contributed by atoms with Gasteiger partial charge in [0.2, 0.25) is 0 Å². The van der Waals surface area contributed by atoms with Crippen molar-refractivity contribution in [2.45, 2.75) is 44.3 Å². The summed E-state index contributed by atoms with van der Waals surface area (Å²) >= 11 is 0. The Labute approximate surface area is 157 Å². The van der Waals surface area contributed by atoms with E-state index in [0.29, 0.717) is 23.2 Å². The summed E-state index contributed by atoms with van der Waals surface area (Å²) in [5, 5.41) is 16.4. The van der Waals surface area contributed by atoms with Crippen LogP contribution < -0.4 is 16.2 Å². The average molecular weight is 365 g/mol. The van der Waals surface area contributed by atoms with Gasteiger partial charge in [-0.1, -0.05) is 0 Å². The van der Waals surface area contributed by atoms with Crippen LogP contribution in [0.2, 0.25) is 0 Å². The quantitative estimate of drug-likeness (QED) is 0.752. The summed E-state index contributed by atoms with van der Waals surface area (Å²) in [5.41, 5.74) is 9.53. The van der Waals surface area contributed by atoms with Crippen molar-refractivity contribution in [2.75, 3.05) is 0 Å². The molecule has 1 aliphatic carbocycles. The number of nitrogens with zero attached hydrogens (tertiary/aromatic N) is 4. The van der Waals surface area contributed by atoms with Crippen molar-refractivity contribution in [1.29, 1.82) is 5.26 Å². The molecular weight excluding hydrogens is 342 g/mol. The second kappa shape index (κ2) is 7.10. The molecule has 2 aromatic heterocycles. The molecule has 1 saturated heterocycles. The number of hydrazine groups is 1. The molecule has 2 fully saturated rings. The molecule has 140 valence electrons. The largest absolute Gasteiger partial charge is 0.348 e. The van der Waals surface area contributed by atoms with E-state index in [1.807, 2.05) is 37.1 Å². The fraction of sp³-hybridized carbons (Fsp3) is 0.474. The Hall–Kier alpha value is -2.76. The van der Waals surface area contributed by atoms with Gasteiger partial charge in [0, 0.05) is 37.1 Å². The van der Waals surface area contributed by atoms with Crippen molar-refractivity contribution in [1.82, 2.24) is 30.9 Å². The lowest BCUT2D eigenvalue weighted by molar-refractivity contribution is 0.0909. The van der Waals surface area contributed by atoms with E-state index in [4.69, 9.17) is 5.26 Å². The molecule has 0 bridgehead atoms. The topological polar surface area (TPSA) is 108 Å². The van der Waals surface area contributed by atoms with Gasteiger partial charge < -0.3 is 5.32 Å². The van der Waals surface area contributed by atoms with Gasteiger partial charge in [-0.05, 0) is 43.7 Å². The smallest absolute Gasteiger partial charge is 0.270 e. The lowest BCUT2D eigenvalue weighted by Crippen LogP contribution is -2.44. The average Bonchev–Trinajstić information content (AvgIpc) is 3.27. The van der Waals surface area contributed by atoms with Crippen LogP contribution >= 0.6 is 0 Å². The van der Waals surface area contributed by atoms with Crippen molar-refractivity contribution in [2.24, 2.45) is 13.0 Å². The molecule has 3 N–H and O–H groups in total. The first-order valence-corrected chi connectivity index (χ1v) is 9.22. The summed E-state index contributed by atoms with van der Waals surface area (Å²) in [6.07, 6.45) is 8.20. The van der Waals surface area contributed by atoms with Gasteiger partial charge in [-0.2, -0.15) is 10.4 Å². The zero-order valence-electron chi connectivity index (χ0n) is 15.4. The Morgan fingerprint density at radius 2 is 2.22 bits per heavy atom. The van der Waals surface area contributed by atoms with Crippen LogP contribution in [0.3, 0.4) is 0 Å². The molecule has 0 spiro atoms. The second-order valence-corrected chi connectivity index (χ2v) is 7.47. The van der Waals surface area contributed by atoms with Crippen molar-refractivity contribution in [3.63, 3.8) is 0 Å². The maximum absolute atomic E-state index is 12.7. The standard InChI is InChI=1S/C19H23N7O/c1-11-5-12(7-20)8-21-17(11)19(27)23-14-3-4-16-15(6-14)18(25-24-16)13-9-22-26(2)10-13/h5,8-10,14-16,18,24-25H,3-4,6H2,1-2H3,(H,23,27). The maximum atomic E-state index is 12.7. The molecule has 1 saturated carbocycles. The number of carbonyl (C=O) groups is 1. The van der Waals surface area contributed by atoms with Crippen molar-refractivity contribution < 1.29 is 4.79 Å². The third-order valence-corrected chi connectivity index (χ3v) is 5.59. The number of hydrogen-bond donors (Lipinski definition) is 3. The predicted octanol–water partition coefficient (Wildman–Crippen LogP) is 1.11. The molecule has 0 radical (unpaired) electrons. The zero-order chi connectivity index (χ0) is 19.0. The van der Waals surface area contributed by atoms with Crippen LogP contribution in [0.15, 0.2) is 24.7 Å². The number of nitrogens with one attached hydrogen (secondary N) is 3. The van der Waals surface area contributed by atoms with Gasteiger partial charge in [-0.25, -0.2) is 10.4 Å². The van der Waals surface area contributed by atoms with Gasteiger partial charge in [0.1, 0.15) is 11.8 Å². The number of pyridine rings is 1. The Kier molecular flexibility index (Phi) is 4.64. The van der Waals surface area contributed by atoms with Crippen molar-refractivity contribution in [3.8, 4) is 6.07 Å². The summed E-state index contributed by atoms with van der Waals surface area (Å²) in [4.78, 5) is 16.9. The molecule has 0 aromatic carbocycles. The first-order valence-electron chi connectivity index (χ1n) is 9.22. The minimum Gasteiger partial charge on any atom is -0.348 e. The minimum absolute atomic E-state index is 0.108. The SMILES string of the molecule is Cc1cc(C#N)cnc1C(=O)NC1CCC2NNC(c3cnn(C)c3)C2C1. The highest BCUT2D eigenvalue weighted by Crippen LogP contribution is 2.37. The number of rotatable bonds is 3. The number of hydrogen-bond acceptors (Lipinski definition) is 6. The number of carbonyl (C=O) groups excluding carboxylic acids is 1. The predicted molar refractivity (Wildman–Crippen MR) is 98.3 cm³/mol. The van der Waals surface area contributed by atoms with Crippen molar-refractivity contribution in [3.05, 3.63) is 47.0 Å². The first kappa shape index (κ1) is 17.6. The fourth-order valence-corrected chi connectivity index (χ4v) is 4.25. The Bertz CT molecular complexity index is 900. The lowest BCUT2D eigenvalue weighted by atomic mass is 9.77. The highest BCUT2D eigenvalue weighted by molar-refractivity contribution is 5.93. The van der Waals surface area contributed by atoms with Crippen LogP contribution in [0.25, 0.3) is 0 Å². The van der Waals surface area contributed by atoms with E-state index >= 15 is 0 Å². The Balaban J connectivity index is 1.45. The molecule has 27 heavy (non-hydrogen) atoms. The highest BCUT2D eigenvalue weighted by Gasteiger charge is 2.41. The number of aromatic nitrogens is 3. The summed E-state index contributed by atoms with van der Waals surface area (Å²) < 4.78 is 1.81. The van der Waals surface area contributed by atoms with Gasteiger partial charge in [-0.3, -0.25) is 14.9 Å².